The van der Waals surface area contributed by atoms with Crippen LogP contribution in [0.3, 0.4) is 0 Å². The van der Waals surface area contributed by atoms with E-state index in [2.05, 4.69) is 9.97 Å². The summed E-state index contributed by atoms with van der Waals surface area (Å²) in [5.41, 5.74) is -3.66. The third-order valence-corrected chi connectivity index (χ3v) is 2.39. The largest absolute Gasteiger partial charge is 0.428 e. The van der Waals surface area contributed by atoms with E-state index in [1.807, 2.05) is 0 Å². The van der Waals surface area contributed by atoms with Crippen molar-refractivity contribution in [2.45, 2.75) is 11.8 Å². The van der Waals surface area contributed by atoms with Gasteiger partial charge in [0.15, 0.2) is 0 Å². The molecule has 0 radical (unpaired) electrons. The van der Waals surface area contributed by atoms with Gasteiger partial charge in [0.05, 0.1) is 11.4 Å². The Labute approximate surface area is 88.9 Å². The Morgan fingerprint density at radius 3 is 1.62 bits per heavy atom. The average molecular weight is 230 g/mol. The van der Waals surface area contributed by atoms with Crippen LogP contribution in [-0.2, 0) is 5.60 Å². The quantitative estimate of drug-likeness (QED) is 0.727. The zero-order valence-corrected chi connectivity index (χ0v) is 8.05. The summed E-state index contributed by atoms with van der Waals surface area (Å²) in [5, 5.41) is 9.88. The molecule has 86 valence electrons. The van der Waals surface area contributed by atoms with Crippen LogP contribution in [0.5, 0.6) is 0 Å². The van der Waals surface area contributed by atoms with Gasteiger partial charge in [-0.1, -0.05) is 0 Å². The molecule has 0 spiro atoms. The molecule has 0 atom stereocenters. The summed E-state index contributed by atoms with van der Waals surface area (Å²) in [6.45, 7) is 0. The van der Waals surface area contributed by atoms with Crippen LogP contribution in [-0.4, -0.2) is 21.3 Å². The molecule has 2 aromatic rings. The smallest absolute Gasteiger partial charge is 0.370 e. The third-order valence-electron chi connectivity index (χ3n) is 2.39. The Morgan fingerprint density at radius 1 is 0.938 bits per heavy atom. The summed E-state index contributed by atoms with van der Waals surface area (Å²) in [7, 11) is 0. The lowest BCUT2D eigenvalue weighted by molar-refractivity contribution is -0.250. The maximum atomic E-state index is 12.9. The van der Waals surface area contributed by atoms with Gasteiger partial charge in [-0.15, -0.1) is 0 Å². The number of nitrogens with one attached hydrogen (secondary N) is 2. The van der Waals surface area contributed by atoms with Crippen molar-refractivity contribution in [2.75, 3.05) is 0 Å². The molecule has 0 fully saturated rings. The van der Waals surface area contributed by atoms with Crippen molar-refractivity contribution in [3.8, 4) is 0 Å². The second-order valence-corrected chi connectivity index (χ2v) is 3.38. The minimum absolute atomic E-state index is 0.317. The molecule has 3 nitrogen and oxygen atoms in total. The Morgan fingerprint density at radius 2 is 1.38 bits per heavy atom. The minimum Gasteiger partial charge on any atom is -0.370 e. The van der Waals surface area contributed by atoms with Crippen LogP contribution in [0.15, 0.2) is 36.7 Å². The molecule has 0 aliphatic rings. The molecule has 0 saturated carbocycles. The number of aromatic amines is 2. The first-order valence-electron chi connectivity index (χ1n) is 4.53. The zero-order chi connectivity index (χ0) is 11.8. The van der Waals surface area contributed by atoms with Gasteiger partial charge >= 0.3 is 6.18 Å². The van der Waals surface area contributed by atoms with Crippen LogP contribution < -0.4 is 0 Å². The van der Waals surface area contributed by atoms with E-state index in [4.69, 9.17) is 0 Å². The fourth-order valence-corrected chi connectivity index (χ4v) is 1.56. The highest BCUT2D eigenvalue weighted by atomic mass is 19.4. The molecule has 0 amide bonds. The number of hydrogen-bond donors (Lipinski definition) is 3. The van der Waals surface area contributed by atoms with E-state index in [1.54, 1.807) is 0 Å². The maximum Gasteiger partial charge on any atom is 0.428 e. The standard InChI is InChI=1S/C10H9F3N2O/c11-10(12,13)9(16,7-3-1-5-14-7)8-4-2-6-15-8/h1-6,14-16H. The molecule has 6 heteroatoms. The summed E-state index contributed by atoms with van der Waals surface area (Å²) < 4.78 is 38.8. The van der Waals surface area contributed by atoms with E-state index < -0.39 is 11.8 Å². The Kier molecular flexibility index (Phi) is 2.31. The van der Waals surface area contributed by atoms with E-state index in [-0.39, 0.29) is 11.4 Å². The molecule has 16 heavy (non-hydrogen) atoms. The van der Waals surface area contributed by atoms with Gasteiger partial charge in [0, 0.05) is 12.4 Å². The molecule has 2 heterocycles. The minimum atomic E-state index is -4.80. The lowest BCUT2D eigenvalue weighted by Gasteiger charge is -2.28. The van der Waals surface area contributed by atoms with Gasteiger partial charge in [-0.25, -0.2) is 0 Å². The number of aliphatic hydroxyl groups is 1. The highest BCUT2D eigenvalue weighted by Gasteiger charge is 2.57. The van der Waals surface area contributed by atoms with E-state index in [9.17, 15) is 18.3 Å². The van der Waals surface area contributed by atoms with Gasteiger partial charge in [0.2, 0.25) is 5.60 Å². The lowest BCUT2D eigenvalue weighted by atomic mass is 9.95. The third kappa shape index (κ3) is 1.42. The van der Waals surface area contributed by atoms with Gasteiger partial charge in [-0.05, 0) is 24.3 Å². The van der Waals surface area contributed by atoms with Gasteiger partial charge in [-0.2, -0.15) is 13.2 Å². The first-order chi connectivity index (χ1) is 7.46. The molecule has 0 unspecified atom stereocenters. The van der Waals surface area contributed by atoms with Gasteiger partial charge < -0.3 is 15.1 Å². The molecule has 2 aromatic heterocycles. The SMILES string of the molecule is OC(c1ccc[nH]1)(c1ccc[nH]1)C(F)(F)F. The van der Waals surface area contributed by atoms with Crippen molar-refractivity contribution >= 4 is 0 Å². The topological polar surface area (TPSA) is 51.8 Å². The van der Waals surface area contributed by atoms with Crippen LogP contribution in [0.4, 0.5) is 13.2 Å². The van der Waals surface area contributed by atoms with Crippen LogP contribution in [0.25, 0.3) is 0 Å². The van der Waals surface area contributed by atoms with Crippen molar-refractivity contribution < 1.29 is 18.3 Å². The number of aromatic nitrogens is 2. The monoisotopic (exact) mass is 230 g/mol. The zero-order valence-electron chi connectivity index (χ0n) is 8.05. The Bertz CT molecular complexity index is 411. The summed E-state index contributed by atoms with van der Waals surface area (Å²) in [4.78, 5) is 4.77. The van der Waals surface area contributed by atoms with Crippen molar-refractivity contribution in [1.29, 1.82) is 0 Å². The summed E-state index contributed by atoms with van der Waals surface area (Å²) in [6.07, 6.45) is -2.15. The Hall–Kier alpha value is -1.69. The van der Waals surface area contributed by atoms with E-state index >= 15 is 0 Å². The number of rotatable bonds is 2. The maximum absolute atomic E-state index is 12.9. The van der Waals surface area contributed by atoms with E-state index in [1.165, 1.54) is 36.7 Å². The molecule has 0 aromatic carbocycles. The Balaban J connectivity index is 2.59. The predicted molar refractivity (Wildman–Crippen MR) is 50.6 cm³/mol. The summed E-state index contributed by atoms with van der Waals surface area (Å²) in [6, 6.07) is 5.17. The van der Waals surface area contributed by atoms with Crippen molar-refractivity contribution in [3.05, 3.63) is 48.0 Å². The van der Waals surface area contributed by atoms with E-state index in [0.29, 0.717) is 0 Å². The number of alkyl halides is 3. The normalized spacial score (nSPS) is 13.0. The second kappa shape index (κ2) is 3.41. The molecule has 0 saturated heterocycles. The lowest BCUT2D eigenvalue weighted by Crippen LogP contribution is -2.44. The summed E-state index contributed by atoms with van der Waals surface area (Å²) in [5.74, 6) is 0. The molecular formula is C10H9F3N2O. The van der Waals surface area contributed by atoms with Crippen molar-refractivity contribution in [1.82, 2.24) is 9.97 Å². The van der Waals surface area contributed by atoms with Crippen molar-refractivity contribution in [3.63, 3.8) is 0 Å². The highest BCUT2D eigenvalue weighted by Crippen LogP contribution is 2.42. The molecule has 3 N–H and O–H groups in total. The first kappa shape index (κ1) is 10.8. The number of hydrogen-bond acceptors (Lipinski definition) is 1. The molecular weight excluding hydrogens is 221 g/mol. The second-order valence-electron chi connectivity index (χ2n) is 3.38. The van der Waals surface area contributed by atoms with Crippen LogP contribution in [0.2, 0.25) is 0 Å². The van der Waals surface area contributed by atoms with Crippen LogP contribution in [0, 0.1) is 0 Å². The first-order valence-corrected chi connectivity index (χ1v) is 4.53. The number of H-pyrrole nitrogens is 2. The van der Waals surface area contributed by atoms with Crippen LogP contribution >= 0.6 is 0 Å². The van der Waals surface area contributed by atoms with Gasteiger partial charge in [0.25, 0.3) is 0 Å². The summed E-state index contributed by atoms with van der Waals surface area (Å²) >= 11 is 0. The average Bonchev–Trinajstić information content (AvgIpc) is 2.88. The van der Waals surface area contributed by atoms with Crippen molar-refractivity contribution in [2.24, 2.45) is 0 Å². The van der Waals surface area contributed by atoms with Crippen LogP contribution in [0.1, 0.15) is 11.4 Å². The predicted octanol–water partition coefficient (Wildman–Crippen LogP) is 2.14. The molecule has 2 rings (SSSR count). The van der Waals surface area contributed by atoms with Gasteiger partial charge in [-0.3, -0.25) is 0 Å². The fourth-order valence-electron chi connectivity index (χ4n) is 1.56. The molecule has 0 aliphatic carbocycles. The number of halogens is 3. The molecule has 0 aliphatic heterocycles. The fraction of sp³-hybridized carbons (Fsp3) is 0.200. The van der Waals surface area contributed by atoms with Gasteiger partial charge in [0.1, 0.15) is 0 Å². The molecule has 0 bridgehead atoms. The van der Waals surface area contributed by atoms with E-state index in [0.717, 1.165) is 0 Å². The highest BCUT2D eigenvalue weighted by molar-refractivity contribution is 5.30.